The van der Waals surface area contributed by atoms with Crippen LogP contribution in [-0.2, 0) is 5.54 Å². The predicted octanol–water partition coefficient (Wildman–Crippen LogP) is 7.24. The molecule has 4 bridgehead atoms. The van der Waals surface area contributed by atoms with Crippen molar-refractivity contribution in [3.05, 3.63) is 45.3 Å². The number of aromatic nitrogens is 1. The van der Waals surface area contributed by atoms with Gasteiger partial charge in [-0.25, -0.2) is 0 Å². The summed E-state index contributed by atoms with van der Waals surface area (Å²) in [6, 6.07) is 13.7. The number of hydrogen-bond donors (Lipinski definition) is 0. The van der Waals surface area contributed by atoms with Crippen LogP contribution >= 0.6 is 31.9 Å². The van der Waals surface area contributed by atoms with Gasteiger partial charge >= 0.3 is 0 Å². The minimum Gasteiger partial charge on any atom is -0.334 e. The van der Waals surface area contributed by atoms with E-state index in [1.807, 2.05) is 0 Å². The van der Waals surface area contributed by atoms with E-state index in [1.165, 1.54) is 69.3 Å². The van der Waals surface area contributed by atoms with E-state index in [9.17, 15) is 0 Å². The van der Waals surface area contributed by atoms with Gasteiger partial charge in [0.15, 0.2) is 0 Å². The summed E-state index contributed by atoms with van der Waals surface area (Å²) in [5.41, 5.74) is 3.22. The Morgan fingerprint density at radius 1 is 0.720 bits per heavy atom. The Bertz CT molecular complexity index is 921. The van der Waals surface area contributed by atoms with Gasteiger partial charge in [-0.15, -0.1) is 0 Å². The number of nitrogens with zero attached hydrogens (tertiary/aromatic N) is 1. The van der Waals surface area contributed by atoms with E-state index in [1.54, 1.807) is 0 Å². The molecule has 1 aromatic heterocycles. The first kappa shape index (κ1) is 15.3. The Balaban J connectivity index is 1.69. The summed E-state index contributed by atoms with van der Waals surface area (Å²) >= 11 is 7.38. The molecule has 128 valence electrons. The fourth-order valence-corrected chi connectivity index (χ4v) is 7.54. The monoisotopic (exact) mass is 457 g/mol. The van der Waals surface area contributed by atoms with Crippen molar-refractivity contribution in [2.45, 2.75) is 44.1 Å². The molecule has 0 saturated heterocycles. The molecule has 7 rings (SSSR count). The smallest absolute Gasteiger partial charge is 0.0497 e. The summed E-state index contributed by atoms with van der Waals surface area (Å²) in [6.07, 6.45) is 8.66. The van der Waals surface area contributed by atoms with Gasteiger partial charge in [-0.3, -0.25) is 0 Å². The molecular weight excluding hydrogens is 438 g/mol. The second-order valence-corrected chi connectivity index (χ2v) is 10.6. The topological polar surface area (TPSA) is 4.93 Å². The molecule has 1 heterocycles. The lowest BCUT2D eigenvalue weighted by molar-refractivity contribution is -0.0387. The highest BCUT2D eigenvalue weighted by Gasteiger charge is 2.52. The third-order valence-corrected chi connectivity index (χ3v) is 8.16. The Morgan fingerprint density at radius 2 is 1.16 bits per heavy atom. The van der Waals surface area contributed by atoms with Crippen LogP contribution in [0.25, 0.3) is 21.8 Å². The molecule has 0 aliphatic heterocycles. The van der Waals surface area contributed by atoms with Crippen LogP contribution in [0.3, 0.4) is 0 Å². The summed E-state index contributed by atoms with van der Waals surface area (Å²) in [7, 11) is 0. The van der Waals surface area contributed by atoms with Crippen molar-refractivity contribution in [3.8, 4) is 0 Å². The van der Waals surface area contributed by atoms with Crippen molar-refractivity contribution < 1.29 is 0 Å². The molecule has 1 nitrogen and oxygen atoms in total. The molecule has 0 spiro atoms. The average Bonchev–Trinajstić information content (AvgIpc) is 2.87. The number of halogens is 2. The highest BCUT2D eigenvalue weighted by molar-refractivity contribution is 9.10. The van der Waals surface area contributed by atoms with Crippen LogP contribution in [0.2, 0.25) is 0 Å². The summed E-state index contributed by atoms with van der Waals surface area (Å²) in [5.74, 6) is 2.89. The number of rotatable bonds is 1. The van der Waals surface area contributed by atoms with E-state index in [4.69, 9.17) is 0 Å². The Hall–Kier alpha value is -0.800. The van der Waals surface area contributed by atoms with E-state index in [-0.39, 0.29) is 0 Å². The molecule has 4 aliphatic rings. The van der Waals surface area contributed by atoms with Gasteiger partial charge in [0.25, 0.3) is 0 Å². The fourth-order valence-electron chi connectivity index (χ4n) is 6.82. The van der Waals surface area contributed by atoms with E-state index in [2.05, 4.69) is 72.8 Å². The lowest BCUT2D eigenvalue weighted by Crippen LogP contribution is -2.51. The molecule has 3 heteroatoms. The first-order chi connectivity index (χ1) is 12.1. The van der Waals surface area contributed by atoms with Gasteiger partial charge in [-0.2, -0.15) is 0 Å². The summed E-state index contributed by atoms with van der Waals surface area (Å²) in [5, 5.41) is 2.78. The quantitative estimate of drug-likeness (QED) is 0.362. The summed E-state index contributed by atoms with van der Waals surface area (Å²) in [4.78, 5) is 0. The van der Waals surface area contributed by atoms with Gasteiger partial charge in [0.1, 0.15) is 0 Å². The van der Waals surface area contributed by atoms with Gasteiger partial charge in [-0.05, 0) is 92.7 Å². The lowest BCUT2D eigenvalue weighted by atomic mass is 9.53. The van der Waals surface area contributed by atoms with Crippen LogP contribution in [0.15, 0.2) is 45.3 Å². The molecule has 4 aliphatic carbocycles. The average molecular weight is 459 g/mol. The molecule has 0 radical (unpaired) electrons. The van der Waals surface area contributed by atoms with E-state index in [0.29, 0.717) is 5.54 Å². The van der Waals surface area contributed by atoms with E-state index in [0.717, 1.165) is 17.8 Å². The Labute approximate surface area is 165 Å². The van der Waals surface area contributed by atoms with Crippen LogP contribution in [0.5, 0.6) is 0 Å². The standard InChI is InChI=1S/C22H21Br2N/c23-16-1-3-20-18(8-16)19-9-17(24)2-4-21(19)25(20)22-10-13-5-14(11-22)7-15(6-13)12-22/h1-4,8-9,13-15H,5-7,10-12H2. The van der Waals surface area contributed by atoms with Crippen LogP contribution in [0.1, 0.15) is 38.5 Å². The molecule has 0 N–H and O–H groups in total. The summed E-state index contributed by atoms with van der Waals surface area (Å²) in [6.45, 7) is 0. The Morgan fingerprint density at radius 3 is 1.60 bits per heavy atom. The molecule has 25 heavy (non-hydrogen) atoms. The van der Waals surface area contributed by atoms with Crippen molar-refractivity contribution in [1.82, 2.24) is 4.57 Å². The van der Waals surface area contributed by atoms with Crippen molar-refractivity contribution in [2.24, 2.45) is 17.8 Å². The number of benzene rings is 2. The first-order valence-corrected chi connectivity index (χ1v) is 11.1. The second kappa shape index (κ2) is 5.13. The molecule has 0 unspecified atom stereocenters. The third kappa shape index (κ3) is 2.12. The van der Waals surface area contributed by atoms with E-state index < -0.39 is 0 Å². The maximum atomic E-state index is 3.69. The van der Waals surface area contributed by atoms with Crippen LogP contribution in [0.4, 0.5) is 0 Å². The van der Waals surface area contributed by atoms with Gasteiger partial charge in [0.05, 0.1) is 0 Å². The predicted molar refractivity (Wildman–Crippen MR) is 111 cm³/mol. The van der Waals surface area contributed by atoms with Crippen LogP contribution in [-0.4, -0.2) is 4.57 Å². The molecule has 0 amide bonds. The maximum absolute atomic E-state index is 3.69. The van der Waals surface area contributed by atoms with Gasteiger partial charge in [0, 0.05) is 36.3 Å². The maximum Gasteiger partial charge on any atom is 0.0497 e. The zero-order chi connectivity index (χ0) is 16.8. The third-order valence-electron chi connectivity index (χ3n) is 7.17. The molecular formula is C22H21Br2N. The van der Waals surface area contributed by atoms with Crippen LogP contribution in [0, 0.1) is 17.8 Å². The lowest BCUT2D eigenvalue weighted by Gasteiger charge is -2.57. The largest absolute Gasteiger partial charge is 0.334 e. The van der Waals surface area contributed by atoms with Crippen molar-refractivity contribution >= 4 is 53.7 Å². The van der Waals surface area contributed by atoms with Gasteiger partial charge in [-0.1, -0.05) is 31.9 Å². The van der Waals surface area contributed by atoms with Crippen LogP contribution < -0.4 is 0 Å². The molecule has 3 aromatic rings. The number of hydrogen-bond acceptors (Lipinski definition) is 0. The first-order valence-electron chi connectivity index (χ1n) is 9.51. The highest BCUT2D eigenvalue weighted by atomic mass is 79.9. The van der Waals surface area contributed by atoms with Gasteiger partial charge in [0.2, 0.25) is 0 Å². The fraction of sp³-hybridized carbons (Fsp3) is 0.455. The molecule has 4 fully saturated rings. The second-order valence-electron chi connectivity index (χ2n) is 8.80. The zero-order valence-corrected chi connectivity index (χ0v) is 17.3. The number of fused-ring (bicyclic) bond motifs is 3. The molecule has 2 aromatic carbocycles. The van der Waals surface area contributed by atoms with Crippen molar-refractivity contribution in [3.63, 3.8) is 0 Å². The summed E-state index contributed by atoms with van der Waals surface area (Å²) < 4.78 is 5.11. The van der Waals surface area contributed by atoms with E-state index >= 15 is 0 Å². The molecule has 0 atom stereocenters. The zero-order valence-electron chi connectivity index (χ0n) is 14.1. The van der Waals surface area contributed by atoms with Gasteiger partial charge < -0.3 is 4.57 Å². The minimum absolute atomic E-state index is 0.358. The van der Waals surface area contributed by atoms with Crippen molar-refractivity contribution in [1.29, 1.82) is 0 Å². The minimum atomic E-state index is 0.358. The highest BCUT2D eigenvalue weighted by Crippen LogP contribution is 2.60. The molecule has 4 saturated carbocycles. The van der Waals surface area contributed by atoms with Crippen molar-refractivity contribution in [2.75, 3.05) is 0 Å². The SMILES string of the molecule is Brc1ccc2c(c1)c1cc(Br)ccc1n2C12CC3CC(CC(C3)C1)C2. The Kier molecular flexibility index (Phi) is 3.14. The normalized spacial score (nSPS) is 33.6.